The van der Waals surface area contributed by atoms with E-state index in [4.69, 9.17) is 0 Å². The summed E-state index contributed by atoms with van der Waals surface area (Å²) in [6.07, 6.45) is 5.15. The first-order chi connectivity index (χ1) is 11.5. The second kappa shape index (κ2) is 6.99. The Hall–Kier alpha value is -2.43. The third-order valence-corrected chi connectivity index (χ3v) is 4.32. The molecule has 126 valence electrons. The van der Waals surface area contributed by atoms with Crippen molar-refractivity contribution in [1.82, 2.24) is 9.78 Å². The minimum atomic E-state index is -0.233. The molecule has 1 aliphatic rings. The van der Waals surface area contributed by atoms with Gasteiger partial charge in [-0.3, -0.25) is 9.59 Å². The third kappa shape index (κ3) is 3.91. The number of nitrogens with zero attached hydrogens (tertiary/aromatic N) is 2. The molecule has 1 N–H and O–H groups in total. The van der Waals surface area contributed by atoms with Crippen LogP contribution < -0.4 is 10.9 Å². The second-order valence-corrected chi connectivity index (χ2v) is 6.60. The highest BCUT2D eigenvalue weighted by atomic mass is 16.2. The molecular weight excluding hydrogens is 302 g/mol. The Bertz CT molecular complexity index is 804. The standard InChI is InChI=1S/C19H23N3O2/c1-13-8-14(2)10-16(9-13)20-18(23)12-22-19(24)11-15-6-4-3-5-7-17(15)21-22/h8-11H,3-7,12H2,1-2H3,(H,20,23). The maximum atomic E-state index is 12.3. The van der Waals surface area contributed by atoms with Gasteiger partial charge in [-0.1, -0.05) is 12.5 Å². The maximum absolute atomic E-state index is 12.3. The van der Waals surface area contributed by atoms with Crippen molar-refractivity contribution in [2.75, 3.05) is 5.32 Å². The number of carbonyl (C=O) groups excluding carboxylic acids is 1. The molecule has 2 aromatic rings. The van der Waals surface area contributed by atoms with Gasteiger partial charge in [0.25, 0.3) is 5.56 Å². The number of aromatic nitrogens is 2. The van der Waals surface area contributed by atoms with E-state index in [0.29, 0.717) is 0 Å². The van der Waals surface area contributed by atoms with Crippen LogP contribution in [0.15, 0.2) is 29.1 Å². The lowest BCUT2D eigenvalue weighted by Crippen LogP contribution is -2.30. The lowest BCUT2D eigenvalue weighted by Gasteiger charge is -2.11. The van der Waals surface area contributed by atoms with E-state index in [9.17, 15) is 9.59 Å². The normalized spacial score (nSPS) is 13.9. The number of aryl methyl sites for hydroxylation is 4. The molecule has 1 heterocycles. The van der Waals surface area contributed by atoms with Crippen molar-refractivity contribution in [1.29, 1.82) is 0 Å². The predicted octanol–water partition coefficient (Wildman–Crippen LogP) is 2.77. The summed E-state index contributed by atoms with van der Waals surface area (Å²) in [4.78, 5) is 24.5. The van der Waals surface area contributed by atoms with Gasteiger partial charge < -0.3 is 5.32 Å². The summed E-state index contributed by atoms with van der Waals surface area (Å²) in [5.41, 5.74) is 4.73. The minimum Gasteiger partial charge on any atom is -0.324 e. The lowest BCUT2D eigenvalue weighted by molar-refractivity contribution is -0.117. The van der Waals surface area contributed by atoms with Crippen molar-refractivity contribution >= 4 is 11.6 Å². The van der Waals surface area contributed by atoms with Crippen LogP contribution in [-0.2, 0) is 24.2 Å². The Morgan fingerprint density at radius 3 is 2.54 bits per heavy atom. The van der Waals surface area contributed by atoms with Crippen molar-refractivity contribution < 1.29 is 4.79 Å². The van der Waals surface area contributed by atoms with E-state index in [1.165, 1.54) is 4.68 Å². The highest BCUT2D eigenvalue weighted by Gasteiger charge is 2.14. The van der Waals surface area contributed by atoms with Gasteiger partial charge in [-0.25, -0.2) is 4.68 Å². The predicted molar refractivity (Wildman–Crippen MR) is 94.3 cm³/mol. The Kier molecular flexibility index (Phi) is 4.79. The first kappa shape index (κ1) is 16.4. The first-order valence-corrected chi connectivity index (χ1v) is 8.49. The molecule has 0 saturated carbocycles. The monoisotopic (exact) mass is 325 g/mol. The molecule has 0 fully saturated rings. The molecule has 1 aromatic carbocycles. The maximum Gasteiger partial charge on any atom is 0.267 e. The van der Waals surface area contributed by atoms with Gasteiger partial charge >= 0.3 is 0 Å². The molecule has 0 spiro atoms. The van der Waals surface area contributed by atoms with Crippen LogP contribution in [-0.4, -0.2) is 15.7 Å². The van der Waals surface area contributed by atoms with E-state index in [-0.39, 0.29) is 18.0 Å². The van der Waals surface area contributed by atoms with E-state index in [1.807, 2.05) is 32.0 Å². The van der Waals surface area contributed by atoms with Gasteiger partial charge in [0.15, 0.2) is 0 Å². The van der Waals surface area contributed by atoms with Crippen molar-refractivity contribution in [3.05, 3.63) is 57.0 Å². The fourth-order valence-electron chi connectivity index (χ4n) is 3.27. The first-order valence-electron chi connectivity index (χ1n) is 8.49. The average Bonchev–Trinajstić information content (AvgIpc) is 2.71. The lowest BCUT2D eigenvalue weighted by atomic mass is 10.1. The SMILES string of the molecule is Cc1cc(C)cc(NC(=O)Cn2nc3c(cc2=O)CCCCC3)c1. The topological polar surface area (TPSA) is 64.0 Å². The van der Waals surface area contributed by atoms with Crippen molar-refractivity contribution in [2.24, 2.45) is 0 Å². The molecule has 1 aromatic heterocycles. The van der Waals surface area contributed by atoms with Crippen LogP contribution in [0.2, 0.25) is 0 Å². The summed E-state index contributed by atoms with van der Waals surface area (Å²) in [6, 6.07) is 7.53. The van der Waals surface area contributed by atoms with Gasteiger partial charge in [-0.05, 0) is 68.4 Å². The largest absolute Gasteiger partial charge is 0.324 e. The number of hydrogen-bond donors (Lipinski definition) is 1. The van der Waals surface area contributed by atoms with E-state index in [1.54, 1.807) is 6.07 Å². The number of hydrogen-bond acceptors (Lipinski definition) is 3. The Morgan fingerprint density at radius 2 is 1.79 bits per heavy atom. The number of rotatable bonds is 3. The van der Waals surface area contributed by atoms with E-state index in [2.05, 4.69) is 10.4 Å². The Labute approximate surface area is 141 Å². The number of nitrogens with one attached hydrogen (secondary N) is 1. The molecule has 5 nitrogen and oxygen atoms in total. The molecule has 1 amide bonds. The van der Waals surface area contributed by atoms with Gasteiger partial charge in [0.2, 0.25) is 5.91 Å². The summed E-state index contributed by atoms with van der Waals surface area (Å²) < 4.78 is 1.28. The molecule has 0 radical (unpaired) electrons. The van der Waals surface area contributed by atoms with Crippen LogP contribution in [0, 0.1) is 13.8 Å². The Balaban J connectivity index is 1.76. The molecule has 0 unspecified atom stereocenters. The fourth-order valence-corrected chi connectivity index (χ4v) is 3.27. The number of benzene rings is 1. The fraction of sp³-hybridized carbons (Fsp3) is 0.421. The van der Waals surface area contributed by atoms with Crippen LogP contribution >= 0.6 is 0 Å². The van der Waals surface area contributed by atoms with Crippen LogP contribution in [0.5, 0.6) is 0 Å². The zero-order chi connectivity index (χ0) is 17.1. The number of carbonyl (C=O) groups is 1. The third-order valence-electron chi connectivity index (χ3n) is 4.32. The molecular formula is C19H23N3O2. The molecule has 0 saturated heterocycles. The number of amides is 1. The Morgan fingerprint density at radius 1 is 1.08 bits per heavy atom. The summed E-state index contributed by atoms with van der Waals surface area (Å²) in [5, 5.41) is 7.29. The van der Waals surface area contributed by atoms with Crippen LogP contribution in [0.1, 0.15) is 41.6 Å². The van der Waals surface area contributed by atoms with Gasteiger partial charge in [0.05, 0.1) is 5.69 Å². The molecule has 0 bridgehead atoms. The van der Waals surface area contributed by atoms with Crippen LogP contribution in [0.25, 0.3) is 0 Å². The minimum absolute atomic E-state index is 0.0564. The molecule has 1 aliphatic carbocycles. The molecule has 0 atom stereocenters. The number of fused-ring (bicyclic) bond motifs is 1. The average molecular weight is 325 g/mol. The van der Waals surface area contributed by atoms with Gasteiger partial charge in [0.1, 0.15) is 6.54 Å². The van der Waals surface area contributed by atoms with Crippen LogP contribution in [0.4, 0.5) is 5.69 Å². The molecule has 5 heteroatoms. The van der Waals surface area contributed by atoms with E-state index >= 15 is 0 Å². The summed E-state index contributed by atoms with van der Waals surface area (Å²) in [6.45, 7) is 3.92. The van der Waals surface area contributed by atoms with E-state index in [0.717, 1.165) is 60.2 Å². The van der Waals surface area contributed by atoms with Gasteiger partial charge in [-0.15, -0.1) is 0 Å². The summed E-state index contributed by atoms with van der Waals surface area (Å²) in [5.74, 6) is -0.233. The van der Waals surface area contributed by atoms with Gasteiger partial charge in [-0.2, -0.15) is 5.10 Å². The van der Waals surface area contributed by atoms with Gasteiger partial charge in [0, 0.05) is 11.8 Å². The highest BCUT2D eigenvalue weighted by molar-refractivity contribution is 5.90. The summed E-state index contributed by atoms with van der Waals surface area (Å²) >= 11 is 0. The second-order valence-electron chi connectivity index (χ2n) is 6.60. The van der Waals surface area contributed by atoms with Crippen molar-refractivity contribution in [3.63, 3.8) is 0 Å². The smallest absolute Gasteiger partial charge is 0.267 e. The summed E-state index contributed by atoms with van der Waals surface area (Å²) in [7, 11) is 0. The van der Waals surface area contributed by atoms with Crippen molar-refractivity contribution in [2.45, 2.75) is 52.5 Å². The van der Waals surface area contributed by atoms with E-state index < -0.39 is 0 Å². The zero-order valence-corrected chi connectivity index (χ0v) is 14.3. The number of anilines is 1. The van der Waals surface area contributed by atoms with Crippen molar-refractivity contribution in [3.8, 4) is 0 Å². The molecule has 3 rings (SSSR count). The quantitative estimate of drug-likeness (QED) is 0.883. The zero-order valence-electron chi connectivity index (χ0n) is 14.3. The highest BCUT2D eigenvalue weighted by Crippen LogP contribution is 2.17. The van der Waals surface area contributed by atoms with Crippen LogP contribution in [0.3, 0.4) is 0 Å². The molecule has 0 aliphatic heterocycles. The molecule has 24 heavy (non-hydrogen) atoms.